The van der Waals surface area contributed by atoms with E-state index in [1.165, 1.54) is 0 Å². The SMILES string of the molecule is COc1cccc(Sc2ccccc2NC(=O)C2CCCN2C(=O)c2cccc3ccccc23)c1. The Morgan fingerprint density at radius 2 is 1.71 bits per heavy atom. The van der Waals surface area contributed by atoms with Crippen LogP contribution >= 0.6 is 11.8 Å². The van der Waals surface area contributed by atoms with E-state index in [0.29, 0.717) is 18.5 Å². The van der Waals surface area contributed by atoms with Crippen molar-refractivity contribution in [1.82, 2.24) is 4.90 Å². The quantitative estimate of drug-likeness (QED) is 0.353. The van der Waals surface area contributed by atoms with E-state index < -0.39 is 6.04 Å². The molecule has 1 N–H and O–H groups in total. The van der Waals surface area contributed by atoms with Crippen molar-refractivity contribution in [3.8, 4) is 5.75 Å². The smallest absolute Gasteiger partial charge is 0.255 e. The molecule has 1 heterocycles. The zero-order chi connectivity index (χ0) is 24.2. The molecule has 4 aromatic rings. The second-order valence-electron chi connectivity index (χ2n) is 8.45. The number of methoxy groups -OCH3 is 1. The number of benzene rings is 4. The van der Waals surface area contributed by atoms with Crippen LogP contribution in [-0.4, -0.2) is 36.4 Å². The number of carbonyl (C=O) groups is 2. The number of likely N-dealkylation sites (tertiary alicyclic amines) is 1. The van der Waals surface area contributed by atoms with E-state index in [1.54, 1.807) is 23.8 Å². The highest BCUT2D eigenvalue weighted by Crippen LogP contribution is 2.35. The topological polar surface area (TPSA) is 58.6 Å². The van der Waals surface area contributed by atoms with Gasteiger partial charge in [-0.25, -0.2) is 0 Å². The summed E-state index contributed by atoms with van der Waals surface area (Å²) >= 11 is 1.56. The first kappa shape index (κ1) is 23.0. The molecule has 1 unspecified atom stereocenters. The van der Waals surface area contributed by atoms with Crippen LogP contribution in [0.25, 0.3) is 10.8 Å². The van der Waals surface area contributed by atoms with Gasteiger partial charge in [-0.1, -0.05) is 66.4 Å². The third kappa shape index (κ3) is 4.88. The highest BCUT2D eigenvalue weighted by molar-refractivity contribution is 7.99. The number of hydrogen-bond donors (Lipinski definition) is 1. The molecule has 5 nitrogen and oxygen atoms in total. The molecule has 5 rings (SSSR count). The minimum atomic E-state index is -0.503. The average Bonchev–Trinajstić information content (AvgIpc) is 3.39. The average molecular weight is 483 g/mol. The molecule has 0 saturated carbocycles. The van der Waals surface area contributed by atoms with Gasteiger partial charge in [-0.2, -0.15) is 0 Å². The van der Waals surface area contributed by atoms with Crippen LogP contribution in [0.3, 0.4) is 0 Å². The van der Waals surface area contributed by atoms with E-state index in [1.807, 2.05) is 91.0 Å². The molecule has 176 valence electrons. The van der Waals surface area contributed by atoms with E-state index in [0.717, 1.165) is 38.4 Å². The molecule has 1 atom stereocenters. The van der Waals surface area contributed by atoms with Crippen LogP contribution < -0.4 is 10.1 Å². The normalized spacial score (nSPS) is 15.2. The first-order valence-corrected chi connectivity index (χ1v) is 12.5. The summed E-state index contributed by atoms with van der Waals surface area (Å²) < 4.78 is 5.33. The number of para-hydroxylation sites is 1. The molecule has 0 bridgehead atoms. The Hall–Kier alpha value is -3.77. The predicted octanol–water partition coefficient (Wildman–Crippen LogP) is 6.24. The highest BCUT2D eigenvalue weighted by Gasteiger charge is 2.35. The number of ether oxygens (including phenoxy) is 1. The van der Waals surface area contributed by atoms with Gasteiger partial charge in [-0.05, 0) is 60.0 Å². The maximum atomic E-state index is 13.5. The Morgan fingerprint density at radius 1 is 0.943 bits per heavy atom. The lowest BCUT2D eigenvalue weighted by Gasteiger charge is -2.25. The summed E-state index contributed by atoms with van der Waals surface area (Å²) in [6.07, 6.45) is 1.45. The molecule has 1 saturated heterocycles. The van der Waals surface area contributed by atoms with Crippen LogP contribution in [0.15, 0.2) is 101 Å². The number of anilines is 1. The van der Waals surface area contributed by atoms with Gasteiger partial charge >= 0.3 is 0 Å². The predicted molar refractivity (Wildman–Crippen MR) is 140 cm³/mol. The Balaban J connectivity index is 1.36. The maximum Gasteiger partial charge on any atom is 0.255 e. The van der Waals surface area contributed by atoms with E-state index in [2.05, 4.69) is 5.32 Å². The van der Waals surface area contributed by atoms with E-state index >= 15 is 0 Å². The van der Waals surface area contributed by atoms with Crippen LogP contribution in [0.5, 0.6) is 5.75 Å². The summed E-state index contributed by atoms with van der Waals surface area (Å²) in [4.78, 5) is 30.6. The fourth-order valence-corrected chi connectivity index (χ4v) is 5.47. The summed E-state index contributed by atoms with van der Waals surface area (Å²) in [5, 5.41) is 5.01. The number of amides is 2. The monoisotopic (exact) mass is 482 g/mol. The fraction of sp³-hybridized carbons (Fsp3) is 0.172. The van der Waals surface area contributed by atoms with Crippen LogP contribution in [0.2, 0.25) is 0 Å². The molecule has 1 aliphatic rings. The Kier molecular flexibility index (Phi) is 6.73. The lowest BCUT2D eigenvalue weighted by molar-refractivity contribution is -0.119. The molecule has 1 aliphatic heterocycles. The Bertz CT molecular complexity index is 1380. The van der Waals surface area contributed by atoms with E-state index in [-0.39, 0.29) is 11.8 Å². The summed E-state index contributed by atoms with van der Waals surface area (Å²) in [5.74, 6) is 0.526. The van der Waals surface area contributed by atoms with Crippen LogP contribution in [0.1, 0.15) is 23.2 Å². The molecular formula is C29H26N2O3S. The lowest BCUT2D eigenvalue weighted by Crippen LogP contribution is -2.43. The highest BCUT2D eigenvalue weighted by atomic mass is 32.2. The van der Waals surface area contributed by atoms with Gasteiger partial charge in [0.05, 0.1) is 12.8 Å². The summed E-state index contributed by atoms with van der Waals surface area (Å²) in [7, 11) is 1.64. The molecule has 6 heteroatoms. The first-order chi connectivity index (χ1) is 17.1. The third-order valence-electron chi connectivity index (χ3n) is 6.25. The molecule has 0 aromatic heterocycles. The number of hydrogen-bond acceptors (Lipinski definition) is 4. The summed E-state index contributed by atoms with van der Waals surface area (Å²) in [5.41, 5.74) is 1.37. The number of nitrogens with zero attached hydrogens (tertiary/aromatic N) is 1. The van der Waals surface area contributed by atoms with Crippen molar-refractivity contribution in [2.75, 3.05) is 19.0 Å². The zero-order valence-electron chi connectivity index (χ0n) is 19.4. The zero-order valence-corrected chi connectivity index (χ0v) is 20.3. The molecule has 0 spiro atoms. The minimum absolute atomic E-state index is 0.0986. The van der Waals surface area contributed by atoms with Gasteiger partial charge in [0.1, 0.15) is 11.8 Å². The lowest BCUT2D eigenvalue weighted by atomic mass is 10.0. The van der Waals surface area contributed by atoms with Crippen molar-refractivity contribution in [1.29, 1.82) is 0 Å². The molecular weight excluding hydrogens is 456 g/mol. The third-order valence-corrected chi connectivity index (χ3v) is 7.32. The van der Waals surface area contributed by atoms with Gasteiger partial charge in [0.15, 0.2) is 0 Å². The summed E-state index contributed by atoms with van der Waals surface area (Å²) in [6.45, 7) is 0.570. The van der Waals surface area contributed by atoms with Gasteiger partial charge in [0.25, 0.3) is 5.91 Å². The van der Waals surface area contributed by atoms with E-state index in [9.17, 15) is 9.59 Å². The maximum absolute atomic E-state index is 13.5. The van der Waals surface area contributed by atoms with Gasteiger partial charge in [0, 0.05) is 21.9 Å². The second kappa shape index (κ2) is 10.2. The molecule has 1 fully saturated rings. The number of nitrogens with one attached hydrogen (secondary N) is 1. The van der Waals surface area contributed by atoms with Crippen molar-refractivity contribution < 1.29 is 14.3 Å². The second-order valence-corrected chi connectivity index (χ2v) is 9.57. The van der Waals surface area contributed by atoms with Crippen LogP contribution in [0.4, 0.5) is 5.69 Å². The molecule has 0 radical (unpaired) electrons. The molecule has 35 heavy (non-hydrogen) atoms. The minimum Gasteiger partial charge on any atom is -0.497 e. The molecule has 4 aromatic carbocycles. The summed E-state index contributed by atoms with van der Waals surface area (Å²) in [6, 6.07) is 28.6. The number of rotatable bonds is 6. The van der Waals surface area contributed by atoms with Crippen LogP contribution in [-0.2, 0) is 4.79 Å². The molecule has 0 aliphatic carbocycles. The fourth-order valence-electron chi connectivity index (χ4n) is 4.52. The van der Waals surface area contributed by atoms with Crippen molar-refractivity contribution >= 4 is 40.0 Å². The van der Waals surface area contributed by atoms with Gasteiger partial charge in [0.2, 0.25) is 5.91 Å². The van der Waals surface area contributed by atoms with Crippen molar-refractivity contribution in [3.63, 3.8) is 0 Å². The van der Waals surface area contributed by atoms with Gasteiger partial charge in [-0.3, -0.25) is 9.59 Å². The molecule has 2 amide bonds. The number of carbonyl (C=O) groups excluding carboxylic acids is 2. The first-order valence-electron chi connectivity index (χ1n) is 11.6. The number of fused-ring (bicyclic) bond motifs is 1. The van der Waals surface area contributed by atoms with Gasteiger partial charge in [-0.15, -0.1) is 0 Å². The van der Waals surface area contributed by atoms with Crippen molar-refractivity contribution in [3.05, 3.63) is 96.6 Å². The van der Waals surface area contributed by atoms with Crippen molar-refractivity contribution in [2.24, 2.45) is 0 Å². The van der Waals surface area contributed by atoms with Crippen LogP contribution in [0, 0.1) is 0 Å². The Morgan fingerprint density at radius 3 is 2.60 bits per heavy atom. The standard InChI is InChI=1S/C29H26N2O3S/c1-34-21-11-7-12-22(19-21)35-27-17-5-4-15-25(27)30-28(32)26-16-8-18-31(26)29(33)24-14-6-10-20-9-2-3-13-23(20)24/h2-7,9-15,17,19,26H,8,16,18H2,1H3,(H,30,32). The van der Waals surface area contributed by atoms with Crippen molar-refractivity contribution in [2.45, 2.75) is 28.7 Å². The Labute approximate surface area is 209 Å². The van der Waals surface area contributed by atoms with E-state index in [4.69, 9.17) is 4.74 Å². The van der Waals surface area contributed by atoms with Gasteiger partial charge < -0.3 is 15.0 Å². The largest absolute Gasteiger partial charge is 0.497 e.